The first-order valence-corrected chi connectivity index (χ1v) is 14.4. The van der Waals surface area contributed by atoms with Crippen molar-refractivity contribution < 1.29 is 22.7 Å². The molecule has 0 bridgehead atoms. The van der Waals surface area contributed by atoms with Crippen LogP contribution in [0, 0.1) is 6.92 Å². The van der Waals surface area contributed by atoms with Crippen molar-refractivity contribution in [2.45, 2.75) is 88.8 Å². The number of benzene rings is 2. The molecule has 8 nitrogen and oxygen atoms in total. The smallest absolute Gasteiger partial charge is 0.408 e. The number of amides is 2. The van der Waals surface area contributed by atoms with E-state index in [1.54, 1.807) is 45.0 Å². The van der Waals surface area contributed by atoms with Gasteiger partial charge < -0.3 is 15.4 Å². The van der Waals surface area contributed by atoms with E-state index in [2.05, 4.69) is 21.4 Å². The van der Waals surface area contributed by atoms with Crippen molar-refractivity contribution in [3.63, 3.8) is 0 Å². The molecule has 2 aromatic rings. The molecule has 0 radical (unpaired) electrons. The molecule has 3 N–H and O–H groups in total. The number of unbranched alkanes of at least 4 members (excludes halogenated alkanes) is 1. The minimum Gasteiger partial charge on any atom is -0.444 e. The third-order valence-corrected chi connectivity index (χ3v) is 7.71. The first kappa shape index (κ1) is 28.7. The van der Waals surface area contributed by atoms with Crippen LogP contribution in [0.15, 0.2) is 53.4 Å². The van der Waals surface area contributed by atoms with Gasteiger partial charge in [-0.15, -0.1) is 0 Å². The molecule has 0 saturated carbocycles. The fourth-order valence-corrected chi connectivity index (χ4v) is 5.45. The summed E-state index contributed by atoms with van der Waals surface area (Å²) in [6.45, 7) is 7.42. The number of sulfonamides is 1. The lowest BCUT2D eigenvalue weighted by molar-refractivity contribution is -0.124. The second-order valence-corrected chi connectivity index (χ2v) is 12.3. The molecule has 2 unspecified atom stereocenters. The van der Waals surface area contributed by atoms with Crippen molar-refractivity contribution >= 4 is 22.0 Å². The van der Waals surface area contributed by atoms with Crippen LogP contribution in [0.2, 0.25) is 0 Å². The standard InChI is InChI=1S/C28H39N3O5S/c1-20-15-17-22(18-16-20)37(34,35)29-19-8-7-13-25(31-27(33)36-28(2,3)4)26(32)30-24-14-9-11-21-10-5-6-12-23(21)24/h5-6,10,12,15-18,24-25,29H,7-9,11,13-14,19H2,1-4H3,(H,30,32)(H,31,33). The Labute approximate surface area is 220 Å². The van der Waals surface area contributed by atoms with Gasteiger partial charge in [0.1, 0.15) is 11.6 Å². The lowest BCUT2D eigenvalue weighted by Crippen LogP contribution is -2.49. The van der Waals surface area contributed by atoms with E-state index < -0.39 is 27.8 Å². The van der Waals surface area contributed by atoms with Crippen molar-refractivity contribution in [3.8, 4) is 0 Å². The zero-order chi connectivity index (χ0) is 27.1. The van der Waals surface area contributed by atoms with Gasteiger partial charge in [0.25, 0.3) is 0 Å². The molecule has 202 valence electrons. The van der Waals surface area contributed by atoms with E-state index in [9.17, 15) is 18.0 Å². The number of rotatable bonds is 10. The highest BCUT2D eigenvalue weighted by Crippen LogP contribution is 2.29. The second kappa shape index (κ2) is 12.6. The SMILES string of the molecule is Cc1ccc(S(=O)(=O)NCCCCC(NC(=O)OC(C)(C)C)C(=O)NC2CCCc3ccccc32)cc1. The minimum atomic E-state index is -3.60. The molecule has 0 saturated heterocycles. The summed E-state index contributed by atoms with van der Waals surface area (Å²) >= 11 is 0. The van der Waals surface area contributed by atoms with E-state index in [0.29, 0.717) is 19.3 Å². The fraction of sp³-hybridized carbons (Fsp3) is 0.500. The van der Waals surface area contributed by atoms with Crippen LogP contribution < -0.4 is 15.4 Å². The Morgan fingerprint density at radius 1 is 1.05 bits per heavy atom. The number of alkyl carbamates (subject to hydrolysis) is 1. The number of ether oxygens (including phenoxy) is 1. The highest BCUT2D eigenvalue weighted by Gasteiger charge is 2.28. The number of aryl methyl sites for hydroxylation is 2. The number of carbonyl (C=O) groups is 2. The Bertz CT molecular complexity index is 1170. The predicted octanol–water partition coefficient (Wildman–Crippen LogP) is 4.53. The largest absolute Gasteiger partial charge is 0.444 e. The molecule has 2 atom stereocenters. The Hall–Kier alpha value is -2.91. The third-order valence-electron chi connectivity index (χ3n) is 6.24. The molecule has 0 spiro atoms. The van der Waals surface area contributed by atoms with Crippen molar-refractivity contribution in [3.05, 3.63) is 65.2 Å². The summed E-state index contributed by atoms with van der Waals surface area (Å²) in [6, 6.07) is 13.9. The highest BCUT2D eigenvalue weighted by atomic mass is 32.2. The van der Waals surface area contributed by atoms with Crippen LogP contribution in [0.25, 0.3) is 0 Å². The summed E-state index contributed by atoms with van der Waals surface area (Å²) in [4.78, 5) is 25.9. The quantitative estimate of drug-likeness (QED) is 0.391. The summed E-state index contributed by atoms with van der Waals surface area (Å²) in [6.07, 6.45) is 3.54. The van der Waals surface area contributed by atoms with E-state index in [0.717, 1.165) is 30.4 Å². The molecule has 2 aromatic carbocycles. The summed E-state index contributed by atoms with van der Waals surface area (Å²) in [5, 5.41) is 5.83. The highest BCUT2D eigenvalue weighted by molar-refractivity contribution is 7.89. The summed E-state index contributed by atoms with van der Waals surface area (Å²) < 4.78 is 33.0. The zero-order valence-electron chi connectivity index (χ0n) is 22.2. The molecule has 37 heavy (non-hydrogen) atoms. The van der Waals surface area contributed by atoms with E-state index in [4.69, 9.17) is 4.74 Å². The van der Waals surface area contributed by atoms with Crippen LogP contribution in [0.4, 0.5) is 4.79 Å². The number of carbonyl (C=O) groups excluding carboxylic acids is 2. The summed E-state index contributed by atoms with van der Waals surface area (Å²) in [7, 11) is -3.60. The number of fused-ring (bicyclic) bond motifs is 1. The van der Waals surface area contributed by atoms with E-state index in [1.807, 2.05) is 25.1 Å². The molecule has 1 aliphatic carbocycles. The average molecular weight is 530 g/mol. The minimum absolute atomic E-state index is 0.110. The summed E-state index contributed by atoms with van der Waals surface area (Å²) in [5.41, 5.74) is 2.64. The number of hydrogen-bond donors (Lipinski definition) is 3. The monoisotopic (exact) mass is 529 g/mol. The van der Waals surface area contributed by atoms with Crippen LogP contribution >= 0.6 is 0 Å². The van der Waals surface area contributed by atoms with Crippen molar-refractivity contribution in [2.75, 3.05) is 6.54 Å². The predicted molar refractivity (Wildman–Crippen MR) is 144 cm³/mol. The molecule has 0 heterocycles. The second-order valence-electron chi connectivity index (χ2n) is 10.6. The van der Waals surface area contributed by atoms with E-state index in [1.165, 1.54) is 5.56 Å². The normalized spacial score (nSPS) is 16.4. The maximum absolute atomic E-state index is 13.3. The molecule has 2 amide bonds. The molecule has 1 aliphatic rings. The molecule has 0 aromatic heterocycles. The number of hydrogen-bond acceptors (Lipinski definition) is 5. The molecular weight excluding hydrogens is 490 g/mol. The third kappa shape index (κ3) is 8.86. The van der Waals surface area contributed by atoms with Crippen molar-refractivity contribution in [1.82, 2.24) is 15.4 Å². The van der Waals surface area contributed by atoms with Gasteiger partial charge in [-0.2, -0.15) is 0 Å². The average Bonchev–Trinajstić information content (AvgIpc) is 2.82. The van der Waals surface area contributed by atoms with Crippen LogP contribution in [0.5, 0.6) is 0 Å². The topological polar surface area (TPSA) is 114 Å². The van der Waals surface area contributed by atoms with Gasteiger partial charge in [-0.3, -0.25) is 4.79 Å². The van der Waals surface area contributed by atoms with E-state index in [-0.39, 0.29) is 23.4 Å². The molecule has 0 aliphatic heterocycles. The number of nitrogens with one attached hydrogen (secondary N) is 3. The van der Waals surface area contributed by atoms with Crippen LogP contribution in [-0.4, -0.2) is 38.6 Å². The molecular formula is C28H39N3O5S. The molecule has 9 heteroatoms. The molecule has 0 fully saturated rings. The van der Waals surface area contributed by atoms with Crippen molar-refractivity contribution in [2.24, 2.45) is 0 Å². The van der Waals surface area contributed by atoms with Crippen LogP contribution in [0.1, 0.15) is 75.6 Å². The fourth-order valence-electron chi connectivity index (χ4n) is 4.38. The lowest BCUT2D eigenvalue weighted by atomic mass is 9.87. The van der Waals surface area contributed by atoms with Crippen molar-refractivity contribution in [1.29, 1.82) is 0 Å². The van der Waals surface area contributed by atoms with Gasteiger partial charge in [0, 0.05) is 6.54 Å². The van der Waals surface area contributed by atoms with Crippen LogP contribution in [-0.2, 0) is 26.0 Å². The van der Waals surface area contributed by atoms with Gasteiger partial charge in [-0.1, -0.05) is 42.0 Å². The molecule has 3 rings (SSSR count). The summed E-state index contributed by atoms with van der Waals surface area (Å²) in [5.74, 6) is -0.271. The van der Waals surface area contributed by atoms with Crippen LogP contribution in [0.3, 0.4) is 0 Å². The van der Waals surface area contributed by atoms with Gasteiger partial charge in [0.15, 0.2) is 0 Å². The van der Waals surface area contributed by atoms with Gasteiger partial charge in [0.05, 0.1) is 10.9 Å². The Balaban J connectivity index is 1.58. The first-order valence-electron chi connectivity index (χ1n) is 12.9. The Kier molecular flexibility index (Phi) is 9.73. The maximum atomic E-state index is 13.3. The van der Waals surface area contributed by atoms with Gasteiger partial charge in [-0.05, 0) is 89.5 Å². The van der Waals surface area contributed by atoms with Gasteiger partial charge >= 0.3 is 6.09 Å². The van der Waals surface area contributed by atoms with E-state index >= 15 is 0 Å². The Morgan fingerprint density at radius 2 is 1.76 bits per heavy atom. The Morgan fingerprint density at radius 3 is 2.46 bits per heavy atom. The first-order chi connectivity index (χ1) is 17.4. The lowest BCUT2D eigenvalue weighted by Gasteiger charge is -2.29. The maximum Gasteiger partial charge on any atom is 0.408 e. The van der Waals surface area contributed by atoms with Gasteiger partial charge in [0.2, 0.25) is 15.9 Å². The van der Waals surface area contributed by atoms with Gasteiger partial charge in [-0.25, -0.2) is 17.9 Å². The zero-order valence-corrected chi connectivity index (χ0v) is 23.0.